The largest absolute Gasteiger partial charge is 0.378 e. The summed E-state index contributed by atoms with van der Waals surface area (Å²) in [7, 11) is 0. The molecule has 0 spiro atoms. The fourth-order valence-electron chi connectivity index (χ4n) is 3.50. The molecule has 8 nitrogen and oxygen atoms in total. The summed E-state index contributed by atoms with van der Waals surface area (Å²) in [6.45, 7) is 11.0. The van der Waals surface area contributed by atoms with Crippen molar-refractivity contribution in [2.45, 2.75) is 33.9 Å². The molecule has 8 heteroatoms. The molecule has 142 valence electrons. The van der Waals surface area contributed by atoms with Crippen molar-refractivity contribution in [1.82, 2.24) is 29.3 Å². The number of morpholine rings is 1. The van der Waals surface area contributed by atoms with Gasteiger partial charge in [0.05, 0.1) is 31.0 Å². The van der Waals surface area contributed by atoms with Crippen LogP contribution in [0.5, 0.6) is 0 Å². The lowest BCUT2D eigenvalue weighted by atomic mass is 10.2. The molecule has 0 bridgehead atoms. The fourth-order valence-corrected chi connectivity index (χ4v) is 3.50. The van der Waals surface area contributed by atoms with E-state index in [9.17, 15) is 0 Å². The van der Waals surface area contributed by atoms with E-state index in [0.717, 1.165) is 62.4 Å². The zero-order chi connectivity index (χ0) is 18.8. The van der Waals surface area contributed by atoms with E-state index in [-0.39, 0.29) is 0 Å². The maximum absolute atomic E-state index is 5.39. The maximum Gasteiger partial charge on any atom is 0.225 e. The van der Waals surface area contributed by atoms with Crippen molar-refractivity contribution in [3.8, 4) is 11.4 Å². The molecule has 1 fully saturated rings. The lowest BCUT2D eigenvalue weighted by Crippen LogP contribution is -2.37. The molecule has 4 rings (SSSR count). The summed E-state index contributed by atoms with van der Waals surface area (Å²) >= 11 is 0. The number of rotatable bonds is 5. The van der Waals surface area contributed by atoms with Crippen LogP contribution in [0.25, 0.3) is 11.4 Å². The Morgan fingerprint density at radius 2 is 1.81 bits per heavy atom. The Hall–Kier alpha value is -2.74. The Balaban J connectivity index is 1.58. The van der Waals surface area contributed by atoms with Crippen LogP contribution in [0.2, 0.25) is 0 Å². The van der Waals surface area contributed by atoms with Crippen molar-refractivity contribution >= 4 is 5.95 Å². The monoisotopic (exact) mass is 367 g/mol. The average Bonchev–Trinajstić information content (AvgIpc) is 3.28. The molecule has 0 radical (unpaired) electrons. The highest BCUT2D eigenvalue weighted by molar-refractivity contribution is 5.54. The van der Waals surface area contributed by atoms with Crippen LogP contribution in [0, 0.1) is 13.8 Å². The second-order valence-electron chi connectivity index (χ2n) is 6.72. The molecule has 1 aliphatic heterocycles. The Bertz CT molecular complexity index is 907. The molecule has 3 aromatic rings. The minimum atomic E-state index is 0.722. The Labute approximate surface area is 158 Å². The third-order valence-electron chi connectivity index (χ3n) is 5.07. The molecule has 0 unspecified atom stereocenters. The van der Waals surface area contributed by atoms with Gasteiger partial charge in [-0.05, 0) is 20.8 Å². The first kappa shape index (κ1) is 17.7. The van der Waals surface area contributed by atoms with Crippen LogP contribution in [-0.4, -0.2) is 55.6 Å². The maximum atomic E-state index is 5.39. The highest BCUT2D eigenvalue weighted by atomic mass is 16.5. The number of anilines is 1. The van der Waals surface area contributed by atoms with Crippen molar-refractivity contribution in [3.05, 3.63) is 41.7 Å². The van der Waals surface area contributed by atoms with E-state index >= 15 is 0 Å². The standard InChI is InChI=1S/C19H25N7O/c1-4-26-15(3)17(14(2)23-26)13-25-6-5-20-18(25)16-11-21-19(22-12-16)24-7-9-27-10-8-24/h5-6,11-12H,4,7-10,13H2,1-3H3. The predicted molar refractivity (Wildman–Crippen MR) is 103 cm³/mol. The van der Waals surface area contributed by atoms with Gasteiger partial charge in [-0.15, -0.1) is 0 Å². The van der Waals surface area contributed by atoms with Crippen molar-refractivity contribution in [2.24, 2.45) is 0 Å². The smallest absolute Gasteiger partial charge is 0.225 e. The van der Waals surface area contributed by atoms with Gasteiger partial charge in [0, 0.05) is 55.7 Å². The number of aromatic nitrogens is 6. The van der Waals surface area contributed by atoms with Gasteiger partial charge < -0.3 is 14.2 Å². The summed E-state index contributed by atoms with van der Waals surface area (Å²) in [5.74, 6) is 1.61. The first-order valence-corrected chi connectivity index (χ1v) is 9.36. The van der Waals surface area contributed by atoms with Gasteiger partial charge in [-0.25, -0.2) is 15.0 Å². The van der Waals surface area contributed by atoms with E-state index in [1.54, 1.807) is 0 Å². The third-order valence-corrected chi connectivity index (χ3v) is 5.07. The van der Waals surface area contributed by atoms with Crippen LogP contribution >= 0.6 is 0 Å². The molecular formula is C19H25N7O. The SMILES string of the molecule is CCn1nc(C)c(Cn2ccnc2-c2cnc(N3CCOCC3)nc2)c1C. The van der Waals surface area contributed by atoms with E-state index in [4.69, 9.17) is 4.74 Å². The van der Waals surface area contributed by atoms with E-state index < -0.39 is 0 Å². The van der Waals surface area contributed by atoms with Crippen molar-refractivity contribution in [3.63, 3.8) is 0 Å². The highest BCUT2D eigenvalue weighted by Gasteiger charge is 2.16. The zero-order valence-electron chi connectivity index (χ0n) is 16.1. The number of nitrogens with zero attached hydrogens (tertiary/aromatic N) is 7. The molecule has 1 aliphatic rings. The van der Waals surface area contributed by atoms with Gasteiger partial charge in [-0.2, -0.15) is 5.10 Å². The molecule has 4 heterocycles. The predicted octanol–water partition coefficient (Wildman–Crippen LogP) is 2.06. The fraction of sp³-hybridized carbons (Fsp3) is 0.474. The second-order valence-corrected chi connectivity index (χ2v) is 6.72. The number of aryl methyl sites for hydroxylation is 2. The molecule has 0 aromatic carbocycles. The summed E-state index contributed by atoms with van der Waals surface area (Å²) < 4.78 is 9.56. The lowest BCUT2D eigenvalue weighted by Gasteiger charge is -2.26. The minimum absolute atomic E-state index is 0.722. The number of hydrogen-bond acceptors (Lipinski definition) is 6. The van der Waals surface area contributed by atoms with Gasteiger partial charge in [0.2, 0.25) is 5.95 Å². The number of imidazole rings is 1. The normalized spacial score (nSPS) is 14.7. The van der Waals surface area contributed by atoms with Gasteiger partial charge in [-0.3, -0.25) is 4.68 Å². The van der Waals surface area contributed by atoms with Crippen LogP contribution in [0.4, 0.5) is 5.95 Å². The summed E-state index contributed by atoms with van der Waals surface area (Å²) in [4.78, 5) is 15.8. The Morgan fingerprint density at radius 1 is 1.07 bits per heavy atom. The molecule has 0 aliphatic carbocycles. The van der Waals surface area contributed by atoms with Crippen molar-refractivity contribution in [2.75, 3.05) is 31.2 Å². The number of hydrogen-bond donors (Lipinski definition) is 0. The average molecular weight is 367 g/mol. The molecule has 0 amide bonds. The molecule has 27 heavy (non-hydrogen) atoms. The van der Waals surface area contributed by atoms with Crippen LogP contribution < -0.4 is 4.90 Å². The van der Waals surface area contributed by atoms with Crippen LogP contribution in [0.1, 0.15) is 23.9 Å². The van der Waals surface area contributed by atoms with E-state index in [0.29, 0.717) is 0 Å². The molecular weight excluding hydrogens is 342 g/mol. The summed E-state index contributed by atoms with van der Waals surface area (Å²) in [5, 5.41) is 4.62. The Morgan fingerprint density at radius 3 is 2.48 bits per heavy atom. The summed E-state index contributed by atoms with van der Waals surface area (Å²) in [5.41, 5.74) is 4.42. The molecule has 0 atom stereocenters. The number of ether oxygens (including phenoxy) is 1. The molecule has 0 N–H and O–H groups in total. The van der Waals surface area contributed by atoms with Gasteiger partial charge in [-0.1, -0.05) is 0 Å². The van der Waals surface area contributed by atoms with E-state index in [1.165, 1.54) is 11.3 Å². The van der Waals surface area contributed by atoms with Crippen LogP contribution in [0.15, 0.2) is 24.8 Å². The first-order chi connectivity index (χ1) is 13.2. The van der Waals surface area contributed by atoms with Gasteiger partial charge in [0.25, 0.3) is 0 Å². The topological polar surface area (TPSA) is 73.9 Å². The van der Waals surface area contributed by atoms with E-state index in [1.807, 2.05) is 29.5 Å². The Kier molecular flexibility index (Phi) is 4.89. The quantitative estimate of drug-likeness (QED) is 0.687. The van der Waals surface area contributed by atoms with E-state index in [2.05, 4.69) is 50.3 Å². The van der Waals surface area contributed by atoms with Crippen molar-refractivity contribution < 1.29 is 4.74 Å². The summed E-state index contributed by atoms with van der Waals surface area (Å²) in [6, 6.07) is 0. The first-order valence-electron chi connectivity index (χ1n) is 9.36. The molecule has 3 aromatic heterocycles. The van der Waals surface area contributed by atoms with Crippen molar-refractivity contribution in [1.29, 1.82) is 0 Å². The highest BCUT2D eigenvalue weighted by Crippen LogP contribution is 2.21. The van der Waals surface area contributed by atoms with Crippen LogP contribution in [0.3, 0.4) is 0 Å². The minimum Gasteiger partial charge on any atom is -0.378 e. The lowest BCUT2D eigenvalue weighted by molar-refractivity contribution is 0.122. The van der Waals surface area contributed by atoms with Gasteiger partial charge in [0.1, 0.15) is 5.82 Å². The third kappa shape index (κ3) is 3.44. The molecule has 0 saturated carbocycles. The second kappa shape index (κ2) is 7.48. The van der Waals surface area contributed by atoms with Gasteiger partial charge >= 0.3 is 0 Å². The summed E-state index contributed by atoms with van der Waals surface area (Å²) in [6.07, 6.45) is 7.52. The zero-order valence-corrected chi connectivity index (χ0v) is 16.1. The van der Waals surface area contributed by atoms with Crippen LogP contribution in [-0.2, 0) is 17.8 Å². The van der Waals surface area contributed by atoms with Gasteiger partial charge in [0.15, 0.2) is 0 Å². The molecule has 1 saturated heterocycles.